The Morgan fingerprint density at radius 2 is 2.00 bits per heavy atom. The summed E-state index contributed by atoms with van der Waals surface area (Å²) in [5.74, 6) is 0.303. The lowest BCUT2D eigenvalue weighted by molar-refractivity contribution is 0.471. The van der Waals surface area contributed by atoms with Crippen molar-refractivity contribution in [1.29, 1.82) is 0 Å². The number of para-hydroxylation sites is 1. The first-order chi connectivity index (χ1) is 8.70. The molecule has 0 aromatic heterocycles. The van der Waals surface area contributed by atoms with Crippen LogP contribution in [-0.2, 0) is 0 Å². The molecule has 92 valence electrons. The number of phenols is 1. The molecular weight excluding hydrogens is 357 g/mol. The molecule has 0 unspecified atom stereocenters. The maximum atomic E-state index is 9.46. The average Bonchev–Trinajstić information content (AvgIpc) is 2.40. The van der Waals surface area contributed by atoms with Crippen LogP contribution in [0, 0.1) is 3.57 Å². The molecule has 0 aliphatic carbocycles. The molecule has 0 radical (unpaired) electrons. The SMILES string of the molecule is CSc1ccccc1N=Cc1ccc(O)c(I)c1. The summed E-state index contributed by atoms with van der Waals surface area (Å²) in [6.45, 7) is 0. The lowest BCUT2D eigenvalue weighted by atomic mass is 10.2. The number of hydrogen-bond donors (Lipinski definition) is 1. The van der Waals surface area contributed by atoms with Crippen molar-refractivity contribution in [1.82, 2.24) is 0 Å². The van der Waals surface area contributed by atoms with E-state index in [4.69, 9.17) is 0 Å². The van der Waals surface area contributed by atoms with E-state index in [2.05, 4.69) is 33.6 Å². The Morgan fingerprint density at radius 1 is 1.22 bits per heavy atom. The monoisotopic (exact) mass is 369 g/mol. The van der Waals surface area contributed by atoms with E-state index < -0.39 is 0 Å². The summed E-state index contributed by atoms with van der Waals surface area (Å²) in [4.78, 5) is 5.64. The van der Waals surface area contributed by atoms with E-state index >= 15 is 0 Å². The zero-order valence-corrected chi connectivity index (χ0v) is 12.8. The highest BCUT2D eigenvalue weighted by molar-refractivity contribution is 14.1. The number of halogens is 1. The first-order valence-corrected chi connectivity index (χ1v) is 7.66. The van der Waals surface area contributed by atoms with Gasteiger partial charge in [-0.15, -0.1) is 11.8 Å². The molecule has 18 heavy (non-hydrogen) atoms. The third-order valence-electron chi connectivity index (χ3n) is 2.41. The summed E-state index contributed by atoms with van der Waals surface area (Å²) in [5.41, 5.74) is 1.95. The summed E-state index contributed by atoms with van der Waals surface area (Å²) in [6.07, 6.45) is 3.86. The van der Waals surface area contributed by atoms with Crippen LogP contribution in [0.15, 0.2) is 52.4 Å². The van der Waals surface area contributed by atoms with Crippen LogP contribution in [0.1, 0.15) is 5.56 Å². The van der Waals surface area contributed by atoms with E-state index in [1.165, 1.54) is 0 Å². The Labute approximate surface area is 124 Å². The van der Waals surface area contributed by atoms with E-state index in [0.29, 0.717) is 5.75 Å². The van der Waals surface area contributed by atoms with Crippen molar-refractivity contribution >= 4 is 46.3 Å². The van der Waals surface area contributed by atoms with Crippen molar-refractivity contribution in [2.24, 2.45) is 4.99 Å². The lowest BCUT2D eigenvalue weighted by Gasteiger charge is -2.01. The van der Waals surface area contributed by atoms with Crippen LogP contribution in [0.5, 0.6) is 5.75 Å². The highest BCUT2D eigenvalue weighted by Crippen LogP contribution is 2.27. The number of aromatic hydroxyl groups is 1. The van der Waals surface area contributed by atoms with Gasteiger partial charge in [0.05, 0.1) is 9.26 Å². The Morgan fingerprint density at radius 3 is 2.72 bits per heavy atom. The molecule has 2 nitrogen and oxygen atoms in total. The summed E-state index contributed by atoms with van der Waals surface area (Å²) < 4.78 is 0.828. The third kappa shape index (κ3) is 3.26. The number of phenolic OH excluding ortho intramolecular Hbond substituents is 1. The smallest absolute Gasteiger partial charge is 0.128 e. The first kappa shape index (κ1) is 13.4. The molecule has 0 fully saturated rings. The minimum Gasteiger partial charge on any atom is -0.507 e. The predicted octanol–water partition coefficient (Wildman–Crippen LogP) is 4.47. The Kier molecular flexibility index (Phi) is 4.66. The van der Waals surface area contributed by atoms with Crippen molar-refractivity contribution < 1.29 is 5.11 Å². The van der Waals surface area contributed by atoms with Gasteiger partial charge in [-0.3, -0.25) is 4.99 Å². The molecule has 0 bridgehead atoms. The first-order valence-electron chi connectivity index (χ1n) is 5.36. The van der Waals surface area contributed by atoms with Crippen LogP contribution in [0.2, 0.25) is 0 Å². The van der Waals surface area contributed by atoms with Crippen molar-refractivity contribution in [2.45, 2.75) is 4.90 Å². The van der Waals surface area contributed by atoms with Gasteiger partial charge in [-0.05, 0) is 64.7 Å². The van der Waals surface area contributed by atoms with E-state index in [1.54, 1.807) is 17.8 Å². The third-order valence-corrected chi connectivity index (χ3v) is 4.06. The number of nitrogens with zero attached hydrogens (tertiary/aromatic N) is 1. The minimum absolute atomic E-state index is 0.303. The standard InChI is InChI=1S/C14H12INOS/c1-18-14-5-3-2-4-12(14)16-9-10-6-7-13(17)11(15)8-10/h2-9,17H,1H3. The van der Waals surface area contributed by atoms with Crippen molar-refractivity contribution in [3.63, 3.8) is 0 Å². The molecule has 1 N–H and O–H groups in total. The molecule has 0 saturated carbocycles. The van der Waals surface area contributed by atoms with Crippen LogP contribution in [-0.4, -0.2) is 17.6 Å². The van der Waals surface area contributed by atoms with Crippen molar-refractivity contribution in [3.05, 3.63) is 51.6 Å². The molecule has 2 aromatic rings. The molecule has 0 aliphatic heterocycles. The molecule has 2 rings (SSSR count). The number of rotatable bonds is 3. The van der Waals surface area contributed by atoms with Crippen LogP contribution in [0.4, 0.5) is 5.69 Å². The van der Waals surface area contributed by atoms with Crippen molar-refractivity contribution in [3.8, 4) is 5.75 Å². The van der Waals surface area contributed by atoms with E-state index in [9.17, 15) is 5.11 Å². The molecule has 0 atom stereocenters. The predicted molar refractivity (Wildman–Crippen MR) is 86.3 cm³/mol. The maximum absolute atomic E-state index is 9.46. The van der Waals surface area contributed by atoms with Gasteiger partial charge in [0, 0.05) is 11.1 Å². The lowest BCUT2D eigenvalue weighted by Crippen LogP contribution is -1.83. The van der Waals surface area contributed by atoms with Gasteiger partial charge in [0.25, 0.3) is 0 Å². The zero-order valence-electron chi connectivity index (χ0n) is 9.80. The summed E-state index contributed by atoms with van der Waals surface area (Å²) in [6, 6.07) is 13.5. The van der Waals surface area contributed by atoms with Gasteiger partial charge in [-0.1, -0.05) is 12.1 Å². The van der Waals surface area contributed by atoms with Crippen LogP contribution >= 0.6 is 34.4 Å². The largest absolute Gasteiger partial charge is 0.507 e. The maximum Gasteiger partial charge on any atom is 0.128 e. The number of thioether (sulfide) groups is 1. The van der Waals surface area contributed by atoms with E-state index in [1.807, 2.05) is 42.8 Å². The zero-order chi connectivity index (χ0) is 13.0. The number of aliphatic imine (C=N–C) groups is 1. The Balaban J connectivity index is 2.27. The van der Waals surface area contributed by atoms with E-state index in [-0.39, 0.29) is 0 Å². The second-order valence-corrected chi connectivity index (χ2v) is 5.65. The minimum atomic E-state index is 0.303. The molecule has 4 heteroatoms. The molecule has 0 spiro atoms. The second-order valence-electron chi connectivity index (χ2n) is 3.64. The molecule has 0 amide bonds. The van der Waals surface area contributed by atoms with Gasteiger partial charge in [0.2, 0.25) is 0 Å². The molecule has 0 aliphatic rings. The molecular formula is C14H12INOS. The normalized spacial score (nSPS) is 11.0. The summed E-state index contributed by atoms with van der Waals surface area (Å²) >= 11 is 3.78. The number of hydrogen-bond acceptors (Lipinski definition) is 3. The fourth-order valence-corrected chi connectivity index (χ4v) is 2.57. The summed E-state index contributed by atoms with van der Waals surface area (Å²) in [7, 11) is 0. The average molecular weight is 369 g/mol. The molecule has 0 heterocycles. The molecule has 2 aromatic carbocycles. The van der Waals surface area contributed by atoms with Crippen LogP contribution in [0.3, 0.4) is 0 Å². The van der Waals surface area contributed by atoms with Gasteiger partial charge in [-0.2, -0.15) is 0 Å². The Bertz CT molecular complexity index is 584. The van der Waals surface area contributed by atoms with Crippen LogP contribution < -0.4 is 0 Å². The molecule has 0 saturated heterocycles. The highest BCUT2D eigenvalue weighted by Gasteiger charge is 1.99. The fraction of sp³-hybridized carbons (Fsp3) is 0.0714. The highest BCUT2D eigenvalue weighted by atomic mass is 127. The van der Waals surface area contributed by atoms with Gasteiger partial charge >= 0.3 is 0 Å². The van der Waals surface area contributed by atoms with E-state index in [0.717, 1.165) is 19.7 Å². The second kappa shape index (κ2) is 6.24. The van der Waals surface area contributed by atoms with Gasteiger partial charge < -0.3 is 5.11 Å². The summed E-state index contributed by atoms with van der Waals surface area (Å²) in [5, 5.41) is 9.46. The van der Waals surface area contributed by atoms with Crippen LogP contribution in [0.25, 0.3) is 0 Å². The Hall–Kier alpha value is -1.01. The van der Waals surface area contributed by atoms with Gasteiger partial charge in [-0.25, -0.2) is 0 Å². The van der Waals surface area contributed by atoms with Crippen molar-refractivity contribution in [2.75, 3.05) is 6.26 Å². The fourth-order valence-electron chi connectivity index (χ4n) is 1.48. The topological polar surface area (TPSA) is 32.6 Å². The van der Waals surface area contributed by atoms with Gasteiger partial charge in [0.1, 0.15) is 5.75 Å². The quantitative estimate of drug-likeness (QED) is 0.492. The van der Waals surface area contributed by atoms with Gasteiger partial charge in [0.15, 0.2) is 0 Å². The number of benzene rings is 2.